The van der Waals surface area contributed by atoms with Gasteiger partial charge in [0.15, 0.2) is 0 Å². The van der Waals surface area contributed by atoms with Gasteiger partial charge in [-0.2, -0.15) is 0 Å². The third-order valence-electron chi connectivity index (χ3n) is 11.2. The average Bonchev–Trinajstić information content (AvgIpc) is 3.38. The molecule has 1 saturated heterocycles. The summed E-state index contributed by atoms with van der Waals surface area (Å²) in [5.74, 6) is 2.45. The molecule has 2 aliphatic heterocycles. The van der Waals surface area contributed by atoms with Crippen molar-refractivity contribution in [2.45, 2.75) is 81.6 Å². The van der Waals surface area contributed by atoms with E-state index in [4.69, 9.17) is 18.6 Å². The van der Waals surface area contributed by atoms with Crippen LogP contribution in [0.4, 0.5) is 0 Å². The minimum atomic E-state index is -0.290. The van der Waals surface area contributed by atoms with Gasteiger partial charge in [-0.05, 0) is 81.5 Å². The fourth-order valence-corrected chi connectivity index (χ4v) is 9.59. The van der Waals surface area contributed by atoms with Crippen LogP contribution in [-0.4, -0.2) is 49.5 Å². The number of rotatable bonds is 7. The largest absolute Gasteiger partial charge is 0.486 e. The maximum Gasteiger partial charge on any atom is 0.138 e. The van der Waals surface area contributed by atoms with E-state index in [2.05, 4.69) is 24.0 Å². The van der Waals surface area contributed by atoms with E-state index in [1.54, 1.807) is 23.7 Å². The highest BCUT2D eigenvalue weighted by molar-refractivity contribution is 5.61. The Kier molecular flexibility index (Phi) is 4.34. The van der Waals surface area contributed by atoms with Gasteiger partial charge in [0.1, 0.15) is 17.5 Å². The Morgan fingerprint density at radius 3 is 2.86 bits per heavy atom. The number of likely N-dealkylation sites (tertiary alicyclic amines) is 1. The molecule has 35 heavy (non-hydrogen) atoms. The van der Waals surface area contributed by atoms with Crippen molar-refractivity contribution in [1.29, 1.82) is 0 Å². The first kappa shape index (κ1) is 21.3. The molecule has 3 heterocycles. The summed E-state index contributed by atoms with van der Waals surface area (Å²) >= 11 is 0. The van der Waals surface area contributed by atoms with E-state index < -0.39 is 0 Å². The van der Waals surface area contributed by atoms with Crippen molar-refractivity contribution >= 4 is 0 Å². The summed E-state index contributed by atoms with van der Waals surface area (Å²) in [7, 11) is 1.93. The van der Waals surface area contributed by atoms with Crippen LogP contribution in [0.1, 0.15) is 60.8 Å². The molecule has 9 rings (SSSR count). The molecule has 0 amide bonds. The normalized spacial score (nSPS) is 40.6. The van der Waals surface area contributed by atoms with Gasteiger partial charge < -0.3 is 18.6 Å². The van der Waals surface area contributed by atoms with Crippen LogP contribution in [-0.2, 0) is 27.9 Å². The number of benzene rings is 1. The van der Waals surface area contributed by atoms with Crippen LogP contribution in [0, 0.1) is 24.2 Å². The number of furan rings is 1. The zero-order valence-corrected chi connectivity index (χ0v) is 21.1. The lowest BCUT2D eigenvalue weighted by Gasteiger charge is -2.74. The molecule has 1 aromatic heterocycles. The molecule has 186 valence electrons. The van der Waals surface area contributed by atoms with Crippen molar-refractivity contribution in [1.82, 2.24) is 4.90 Å². The summed E-state index contributed by atoms with van der Waals surface area (Å²) in [6.07, 6.45) is 12.3. The van der Waals surface area contributed by atoms with Crippen LogP contribution in [0.2, 0.25) is 0 Å². The molecule has 0 unspecified atom stereocenters. The molecule has 5 nitrogen and oxygen atoms in total. The summed E-state index contributed by atoms with van der Waals surface area (Å²) in [4.78, 5) is 2.91. The lowest BCUT2D eigenvalue weighted by Crippen LogP contribution is -2.81. The van der Waals surface area contributed by atoms with E-state index in [0.29, 0.717) is 25.2 Å². The molecule has 5 heteroatoms. The second kappa shape index (κ2) is 7.14. The number of fused-ring (bicyclic) bond motifs is 2. The number of aryl methyl sites for hydroxylation is 1. The summed E-state index contributed by atoms with van der Waals surface area (Å²) in [6, 6.07) is 7.33. The van der Waals surface area contributed by atoms with E-state index in [1.807, 2.05) is 13.2 Å². The van der Waals surface area contributed by atoms with Crippen molar-refractivity contribution in [2.24, 2.45) is 17.3 Å². The summed E-state index contributed by atoms with van der Waals surface area (Å²) in [5.41, 5.74) is 5.56. The Morgan fingerprint density at radius 2 is 2.06 bits per heavy atom. The van der Waals surface area contributed by atoms with Crippen LogP contribution >= 0.6 is 0 Å². The third-order valence-corrected chi connectivity index (χ3v) is 11.2. The Morgan fingerprint density at radius 1 is 1.14 bits per heavy atom. The van der Waals surface area contributed by atoms with Gasteiger partial charge in [-0.1, -0.05) is 12.1 Å². The molecule has 0 N–H and O–H groups in total. The predicted molar refractivity (Wildman–Crippen MR) is 132 cm³/mol. The van der Waals surface area contributed by atoms with Gasteiger partial charge in [0.05, 0.1) is 25.7 Å². The molecule has 5 aliphatic carbocycles. The van der Waals surface area contributed by atoms with Crippen LogP contribution in [0.15, 0.2) is 35.1 Å². The molecule has 0 radical (unpaired) electrons. The summed E-state index contributed by atoms with van der Waals surface area (Å²) < 4.78 is 25.4. The van der Waals surface area contributed by atoms with Crippen molar-refractivity contribution in [3.05, 3.63) is 53.0 Å². The second-order valence-corrected chi connectivity index (χ2v) is 12.5. The van der Waals surface area contributed by atoms with Crippen molar-refractivity contribution < 1.29 is 18.6 Å². The zero-order chi connectivity index (χ0) is 23.4. The minimum absolute atomic E-state index is 0.0853. The van der Waals surface area contributed by atoms with Gasteiger partial charge in [-0.3, -0.25) is 4.90 Å². The highest BCUT2D eigenvalue weighted by atomic mass is 16.6. The van der Waals surface area contributed by atoms with E-state index in [9.17, 15) is 0 Å². The molecule has 1 aromatic carbocycles. The number of hydrogen-bond donors (Lipinski definition) is 0. The van der Waals surface area contributed by atoms with Crippen molar-refractivity contribution in [3.8, 4) is 5.75 Å². The Hall–Kier alpha value is -1.82. The topological polar surface area (TPSA) is 44.1 Å². The molecule has 2 spiro atoms. The molecular formula is C30H37NO4. The van der Waals surface area contributed by atoms with Gasteiger partial charge in [-0.15, -0.1) is 0 Å². The quantitative estimate of drug-likeness (QED) is 0.562. The first-order chi connectivity index (χ1) is 17.1. The highest BCUT2D eigenvalue weighted by Gasteiger charge is 2.80. The van der Waals surface area contributed by atoms with Gasteiger partial charge in [0, 0.05) is 47.6 Å². The van der Waals surface area contributed by atoms with Crippen LogP contribution in [0.5, 0.6) is 5.75 Å². The van der Waals surface area contributed by atoms with Crippen LogP contribution in [0.25, 0.3) is 0 Å². The minimum Gasteiger partial charge on any atom is -0.486 e. The molecule has 4 bridgehead atoms. The smallest absolute Gasteiger partial charge is 0.138 e. The Bertz CT molecular complexity index is 1160. The van der Waals surface area contributed by atoms with E-state index in [0.717, 1.165) is 17.9 Å². The predicted octanol–water partition coefficient (Wildman–Crippen LogP) is 5.03. The monoisotopic (exact) mass is 475 g/mol. The van der Waals surface area contributed by atoms with Crippen LogP contribution < -0.4 is 4.74 Å². The van der Waals surface area contributed by atoms with E-state index in [-0.39, 0.29) is 22.5 Å². The lowest BCUT2D eigenvalue weighted by atomic mass is 9.35. The fourth-order valence-electron chi connectivity index (χ4n) is 9.59. The number of ether oxygens (including phenoxy) is 3. The molecule has 7 aliphatic rings. The summed E-state index contributed by atoms with van der Waals surface area (Å²) in [5, 5.41) is 0. The summed E-state index contributed by atoms with van der Waals surface area (Å²) in [6.45, 7) is 6.04. The number of nitrogens with zero attached hydrogens (tertiary/aromatic N) is 1. The highest BCUT2D eigenvalue weighted by Crippen LogP contribution is 2.76. The van der Waals surface area contributed by atoms with Gasteiger partial charge in [0.25, 0.3) is 0 Å². The Balaban J connectivity index is 1.24. The molecule has 5 fully saturated rings. The number of hydrogen-bond acceptors (Lipinski definition) is 5. The third kappa shape index (κ3) is 2.55. The van der Waals surface area contributed by atoms with Gasteiger partial charge in [0.2, 0.25) is 0 Å². The van der Waals surface area contributed by atoms with Gasteiger partial charge >= 0.3 is 0 Å². The molecule has 4 saturated carbocycles. The van der Waals surface area contributed by atoms with E-state index >= 15 is 0 Å². The first-order valence-corrected chi connectivity index (χ1v) is 13.8. The van der Waals surface area contributed by atoms with E-state index in [1.165, 1.54) is 62.9 Å². The first-order valence-electron chi connectivity index (χ1n) is 13.8. The molecule has 2 aromatic rings. The van der Waals surface area contributed by atoms with Crippen molar-refractivity contribution in [2.75, 3.05) is 26.8 Å². The number of methoxy groups -OCH3 is 1. The number of piperidine rings is 1. The Labute approximate surface area is 208 Å². The SMILES string of the molecule is CO[C@]12CC[C@@]3(C[C@H]1COCc1ccoc1)[C@H]1Cc4ccc(C)c5c4[C@@]3(CCN1CC1CC1)[C@H]2O5. The molecule has 6 atom stereocenters. The average molecular weight is 476 g/mol. The molecular weight excluding hydrogens is 438 g/mol. The standard InChI is InChI=1S/C30H37NO4/c1-19-3-6-22-13-24-28-8-9-30(32-2,23(14-28)18-34-17-21-7-12-33-16-21)27-29(28,25(22)26(19)35-27)10-11-31(24)15-20-4-5-20/h3,6-7,12,16,20,23-24,27H,4-5,8-11,13-15,17-18H2,1-2H3/t23-,24+,27+,28+,29-,30+/m0/s1. The zero-order valence-electron chi connectivity index (χ0n) is 21.1. The lowest BCUT2D eigenvalue weighted by molar-refractivity contribution is -0.283. The van der Waals surface area contributed by atoms with Gasteiger partial charge in [-0.25, -0.2) is 0 Å². The maximum absolute atomic E-state index is 7.13. The second-order valence-electron chi connectivity index (χ2n) is 12.5. The fraction of sp³-hybridized carbons (Fsp3) is 0.667. The van der Waals surface area contributed by atoms with Crippen LogP contribution in [0.3, 0.4) is 0 Å². The maximum atomic E-state index is 7.13. The van der Waals surface area contributed by atoms with Crippen molar-refractivity contribution in [3.63, 3.8) is 0 Å².